The van der Waals surface area contributed by atoms with Crippen molar-refractivity contribution in [1.29, 1.82) is 0 Å². The summed E-state index contributed by atoms with van der Waals surface area (Å²) in [7, 11) is 0. The number of nitrogens with zero attached hydrogens (tertiary/aromatic N) is 3. The standard InChI is InChI=1S/C21H23F2N5O4S/c1-21(2)31-9-11(32-21)6-7-30-19-14(8-25-10-26-19)27-18(29)16-17(24)33-20(28-16)15-12(22)4-3-5-13(15)23/h3-4,8,10-11,13H,5-7,9,24H2,1-2H3,(H,27,29). The topological polar surface area (TPSA) is 121 Å². The molecule has 9 nitrogen and oxygen atoms in total. The number of nitrogens with one attached hydrogen (secondary N) is 1. The molecule has 2 atom stereocenters. The minimum atomic E-state index is -1.56. The van der Waals surface area contributed by atoms with E-state index in [-0.39, 0.29) is 52.0 Å². The lowest BCUT2D eigenvalue weighted by Gasteiger charge is -2.17. The van der Waals surface area contributed by atoms with Gasteiger partial charge in [-0.25, -0.2) is 18.7 Å². The third kappa shape index (κ3) is 5.34. The van der Waals surface area contributed by atoms with E-state index in [1.165, 1.54) is 24.7 Å². The second kappa shape index (κ2) is 9.49. The van der Waals surface area contributed by atoms with E-state index in [4.69, 9.17) is 19.9 Å². The molecule has 3 N–H and O–H groups in total. The van der Waals surface area contributed by atoms with E-state index in [1.807, 2.05) is 13.8 Å². The first kappa shape index (κ1) is 23.2. The largest absolute Gasteiger partial charge is 0.476 e. The zero-order valence-corrected chi connectivity index (χ0v) is 18.8. The van der Waals surface area contributed by atoms with Crippen molar-refractivity contribution in [2.45, 2.75) is 44.8 Å². The van der Waals surface area contributed by atoms with Crippen molar-refractivity contribution < 1.29 is 27.8 Å². The van der Waals surface area contributed by atoms with Gasteiger partial charge in [-0.3, -0.25) is 4.79 Å². The SMILES string of the molecule is CC1(C)OCC(CCOc2ncncc2NC(=O)c2nc(C3=C(F)C=CCC3F)sc2N)O1. The van der Waals surface area contributed by atoms with Crippen LogP contribution in [0.15, 0.2) is 30.5 Å². The molecule has 2 aromatic heterocycles. The van der Waals surface area contributed by atoms with Crippen LogP contribution in [0.5, 0.6) is 5.88 Å². The van der Waals surface area contributed by atoms with Gasteiger partial charge in [-0.15, -0.1) is 0 Å². The molecule has 2 unspecified atom stereocenters. The Morgan fingerprint density at radius 2 is 2.27 bits per heavy atom. The molecular weight excluding hydrogens is 456 g/mol. The Labute approximate surface area is 192 Å². The van der Waals surface area contributed by atoms with Gasteiger partial charge in [0.15, 0.2) is 11.5 Å². The predicted molar refractivity (Wildman–Crippen MR) is 118 cm³/mol. The Bertz CT molecular complexity index is 1100. The minimum Gasteiger partial charge on any atom is -0.476 e. The number of aromatic nitrogens is 3. The molecule has 1 aliphatic carbocycles. The second-order valence-corrected chi connectivity index (χ2v) is 8.91. The van der Waals surface area contributed by atoms with Crippen molar-refractivity contribution in [3.05, 3.63) is 41.2 Å². The Morgan fingerprint density at radius 3 is 3.00 bits per heavy atom. The number of hydrogen-bond donors (Lipinski definition) is 2. The first-order valence-corrected chi connectivity index (χ1v) is 11.1. The monoisotopic (exact) mass is 479 g/mol. The number of ether oxygens (including phenoxy) is 3. The predicted octanol–water partition coefficient (Wildman–Crippen LogP) is 3.67. The molecule has 3 heterocycles. The molecule has 0 bridgehead atoms. The van der Waals surface area contributed by atoms with E-state index in [2.05, 4.69) is 20.3 Å². The summed E-state index contributed by atoms with van der Waals surface area (Å²) in [5.74, 6) is -1.88. The van der Waals surface area contributed by atoms with Crippen molar-refractivity contribution in [2.75, 3.05) is 24.3 Å². The molecule has 1 saturated heterocycles. The van der Waals surface area contributed by atoms with Crippen molar-refractivity contribution in [3.8, 4) is 5.88 Å². The fourth-order valence-corrected chi connectivity index (χ4v) is 4.30. The highest BCUT2D eigenvalue weighted by Crippen LogP contribution is 2.36. The summed E-state index contributed by atoms with van der Waals surface area (Å²) in [6.45, 7) is 4.41. The molecule has 1 amide bonds. The highest BCUT2D eigenvalue weighted by molar-refractivity contribution is 7.17. The van der Waals surface area contributed by atoms with Crippen LogP contribution in [0, 0.1) is 0 Å². The summed E-state index contributed by atoms with van der Waals surface area (Å²) < 4.78 is 45.3. The Morgan fingerprint density at radius 1 is 1.45 bits per heavy atom. The molecule has 2 aromatic rings. The molecule has 0 radical (unpaired) electrons. The van der Waals surface area contributed by atoms with Gasteiger partial charge in [0.05, 0.1) is 31.1 Å². The maximum atomic E-state index is 14.2. The third-order valence-electron chi connectivity index (χ3n) is 4.95. The third-order valence-corrected chi connectivity index (χ3v) is 5.86. The average Bonchev–Trinajstić information content (AvgIpc) is 3.30. The highest BCUT2D eigenvalue weighted by Gasteiger charge is 2.32. The van der Waals surface area contributed by atoms with Crippen molar-refractivity contribution in [3.63, 3.8) is 0 Å². The van der Waals surface area contributed by atoms with Crippen molar-refractivity contribution in [1.82, 2.24) is 15.0 Å². The number of allylic oxidation sites excluding steroid dienone is 4. The van der Waals surface area contributed by atoms with Crippen LogP contribution in [0.2, 0.25) is 0 Å². The number of rotatable bonds is 7. The minimum absolute atomic E-state index is 0.0227. The molecule has 4 rings (SSSR count). The fraction of sp³-hybridized carbons (Fsp3) is 0.429. The van der Waals surface area contributed by atoms with Crippen LogP contribution < -0.4 is 15.8 Å². The van der Waals surface area contributed by atoms with E-state index >= 15 is 0 Å². The van der Waals surface area contributed by atoms with E-state index in [1.54, 1.807) is 0 Å². The number of nitrogen functional groups attached to an aromatic ring is 1. The summed E-state index contributed by atoms with van der Waals surface area (Å²) in [5, 5.41) is 2.65. The molecule has 0 spiro atoms. The van der Waals surface area contributed by atoms with Crippen LogP contribution >= 0.6 is 11.3 Å². The Kier molecular flexibility index (Phi) is 6.68. The van der Waals surface area contributed by atoms with E-state index in [9.17, 15) is 13.6 Å². The van der Waals surface area contributed by atoms with Gasteiger partial charge < -0.3 is 25.3 Å². The molecule has 1 fully saturated rings. The van der Waals surface area contributed by atoms with E-state index in [0.29, 0.717) is 13.0 Å². The maximum Gasteiger partial charge on any atom is 0.277 e. The normalized spacial score (nSPS) is 21.9. The first-order valence-electron chi connectivity index (χ1n) is 10.3. The number of anilines is 2. The number of halogens is 2. The van der Waals surface area contributed by atoms with Crippen LogP contribution in [0.25, 0.3) is 5.57 Å². The van der Waals surface area contributed by atoms with Gasteiger partial charge in [0.2, 0.25) is 5.88 Å². The fourth-order valence-electron chi connectivity index (χ4n) is 3.39. The highest BCUT2D eigenvalue weighted by atomic mass is 32.1. The molecular formula is C21H23F2N5O4S. The molecule has 0 saturated carbocycles. The lowest BCUT2D eigenvalue weighted by Crippen LogP contribution is -2.22. The number of carbonyl (C=O) groups is 1. The van der Waals surface area contributed by atoms with E-state index in [0.717, 1.165) is 11.3 Å². The second-order valence-electron chi connectivity index (χ2n) is 7.88. The molecule has 176 valence electrons. The van der Waals surface area contributed by atoms with Crippen LogP contribution in [0.1, 0.15) is 42.2 Å². The molecule has 1 aliphatic heterocycles. The number of thiazole rings is 1. The van der Waals surface area contributed by atoms with Gasteiger partial charge >= 0.3 is 0 Å². The smallest absolute Gasteiger partial charge is 0.277 e. The number of carbonyl (C=O) groups excluding carboxylic acids is 1. The Balaban J connectivity index is 1.43. The summed E-state index contributed by atoms with van der Waals surface area (Å²) in [6.07, 6.45) is 4.15. The number of hydrogen-bond acceptors (Lipinski definition) is 9. The van der Waals surface area contributed by atoms with Crippen LogP contribution in [-0.2, 0) is 9.47 Å². The first-order chi connectivity index (χ1) is 15.7. The van der Waals surface area contributed by atoms with Crippen LogP contribution in [-0.4, -0.2) is 52.1 Å². The lowest BCUT2D eigenvalue weighted by atomic mass is 10.0. The molecule has 12 heteroatoms. The van der Waals surface area contributed by atoms with Crippen molar-refractivity contribution in [2.24, 2.45) is 0 Å². The number of amides is 1. The Hall–Kier alpha value is -2.96. The summed E-state index contributed by atoms with van der Waals surface area (Å²) >= 11 is 0.845. The number of alkyl halides is 1. The molecule has 0 aromatic carbocycles. The van der Waals surface area contributed by atoms with Gasteiger partial charge in [0, 0.05) is 12.8 Å². The van der Waals surface area contributed by atoms with Gasteiger partial charge in [-0.1, -0.05) is 17.4 Å². The lowest BCUT2D eigenvalue weighted by molar-refractivity contribution is -0.139. The quantitative estimate of drug-likeness (QED) is 0.617. The number of nitrogens with two attached hydrogens (primary N) is 1. The summed E-state index contributed by atoms with van der Waals surface area (Å²) in [4.78, 5) is 24.8. The molecule has 33 heavy (non-hydrogen) atoms. The van der Waals surface area contributed by atoms with Gasteiger partial charge in [0.1, 0.15) is 34.0 Å². The van der Waals surface area contributed by atoms with Gasteiger partial charge in [-0.05, 0) is 19.9 Å². The summed E-state index contributed by atoms with van der Waals surface area (Å²) in [6, 6.07) is 0. The van der Waals surface area contributed by atoms with Gasteiger partial charge in [-0.2, -0.15) is 4.98 Å². The van der Waals surface area contributed by atoms with E-state index < -0.39 is 23.7 Å². The van der Waals surface area contributed by atoms with Crippen LogP contribution in [0.4, 0.5) is 19.5 Å². The zero-order chi connectivity index (χ0) is 23.6. The van der Waals surface area contributed by atoms with Gasteiger partial charge in [0.25, 0.3) is 5.91 Å². The summed E-state index contributed by atoms with van der Waals surface area (Å²) in [5.41, 5.74) is 5.77. The van der Waals surface area contributed by atoms with Crippen LogP contribution in [0.3, 0.4) is 0 Å². The van der Waals surface area contributed by atoms with Crippen molar-refractivity contribution >= 4 is 33.5 Å². The zero-order valence-electron chi connectivity index (χ0n) is 18.0. The maximum absolute atomic E-state index is 14.2. The average molecular weight is 480 g/mol. The molecule has 2 aliphatic rings.